The lowest BCUT2D eigenvalue weighted by Gasteiger charge is -2.35. The molecular formula is C12H27NO. The van der Waals surface area contributed by atoms with Gasteiger partial charge in [-0.1, -0.05) is 27.7 Å². The van der Waals surface area contributed by atoms with E-state index in [1.807, 2.05) is 0 Å². The molecule has 0 aliphatic heterocycles. The molecule has 2 nitrogen and oxygen atoms in total. The highest BCUT2D eigenvalue weighted by molar-refractivity contribution is 4.85. The first-order valence-corrected chi connectivity index (χ1v) is 5.75. The SMILES string of the molecule is CCC(C)(CC)NC(COC)C(C)C. The van der Waals surface area contributed by atoms with Gasteiger partial charge in [0.15, 0.2) is 0 Å². The molecule has 0 bridgehead atoms. The van der Waals surface area contributed by atoms with Crippen LogP contribution in [0.25, 0.3) is 0 Å². The van der Waals surface area contributed by atoms with E-state index in [4.69, 9.17) is 4.74 Å². The smallest absolute Gasteiger partial charge is 0.0618 e. The maximum Gasteiger partial charge on any atom is 0.0618 e. The third kappa shape index (κ3) is 4.43. The van der Waals surface area contributed by atoms with E-state index >= 15 is 0 Å². The van der Waals surface area contributed by atoms with Crippen LogP contribution in [-0.4, -0.2) is 25.3 Å². The molecule has 0 aromatic carbocycles. The van der Waals surface area contributed by atoms with Gasteiger partial charge in [-0.2, -0.15) is 0 Å². The highest BCUT2D eigenvalue weighted by atomic mass is 16.5. The van der Waals surface area contributed by atoms with Gasteiger partial charge in [0.25, 0.3) is 0 Å². The third-order valence-corrected chi connectivity index (χ3v) is 3.25. The van der Waals surface area contributed by atoms with Gasteiger partial charge in [-0.15, -0.1) is 0 Å². The Labute approximate surface area is 89.4 Å². The van der Waals surface area contributed by atoms with Crippen LogP contribution in [0.15, 0.2) is 0 Å². The van der Waals surface area contributed by atoms with Crippen molar-refractivity contribution in [1.82, 2.24) is 5.32 Å². The Morgan fingerprint density at radius 2 is 1.71 bits per heavy atom. The predicted molar refractivity (Wildman–Crippen MR) is 62.6 cm³/mol. The summed E-state index contributed by atoms with van der Waals surface area (Å²) in [5.74, 6) is 0.618. The Kier molecular flexibility index (Phi) is 6.38. The fourth-order valence-corrected chi connectivity index (χ4v) is 1.48. The molecule has 0 spiro atoms. The molecule has 0 saturated carbocycles. The van der Waals surface area contributed by atoms with Crippen molar-refractivity contribution < 1.29 is 4.74 Å². The van der Waals surface area contributed by atoms with Crippen LogP contribution in [0.2, 0.25) is 0 Å². The molecule has 0 heterocycles. The summed E-state index contributed by atoms with van der Waals surface area (Å²) in [5, 5.41) is 3.71. The summed E-state index contributed by atoms with van der Waals surface area (Å²) in [6, 6.07) is 0.463. The average molecular weight is 201 g/mol. The summed E-state index contributed by atoms with van der Waals surface area (Å²) in [6.45, 7) is 12.0. The number of methoxy groups -OCH3 is 1. The summed E-state index contributed by atoms with van der Waals surface area (Å²) < 4.78 is 5.24. The molecule has 14 heavy (non-hydrogen) atoms. The highest BCUT2D eigenvalue weighted by Crippen LogP contribution is 2.17. The quantitative estimate of drug-likeness (QED) is 0.684. The summed E-state index contributed by atoms with van der Waals surface area (Å²) >= 11 is 0. The van der Waals surface area contributed by atoms with Gasteiger partial charge in [-0.3, -0.25) is 0 Å². The molecular weight excluding hydrogens is 174 g/mol. The summed E-state index contributed by atoms with van der Waals surface area (Å²) in [7, 11) is 1.77. The van der Waals surface area contributed by atoms with Gasteiger partial charge in [0, 0.05) is 18.7 Å². The van der Waals surface area contributed by atoms with E-state index in [1.165, 1.54) is 0 Å². The van der Waals surface area contributed by atoms with Crippen LogP contribution in [0, 0.1) is 5.92 Å². The van der Waals surface area contributed by atoms with E-state index in [0.717, 1.165) is 19.4 Å². The average Bonchev–Trinajstić information content (AvgIpc) is 2.17. The lowest BCUT2D eigenvalue weighted by molar-refractivity contribution is 0.123. The summed E-state index contributed by atoms with van der Waals surface area (Å²) in [4.78, 5) is 0. The van der Waals surface area contributed by atoms with Crippen molar-refractivity contribution in [3.8, 4) is 0 Å². The Morgan fingerprint density at radius 3 is 2.00 bits per heavy atom. The number of rotatable bonds is 7. The predicted octanol–water partition coefficient (Wildman–Crippen LogP) is 2.83. The second-order valence-corrected chi connectivity index (χ2v) is 4.72. The minimum atomic E-state index is 0.257. The Balaban J connectivity index is 4.25. The standard InChI is InChI=1S/C12H27NO/c1-7-12(5,8-2)13-11(9-14-6)10(3)4/h10-11,13H,7-9H2,1-6H3. The molecule has 1 N–H and O–H groups in total. The normalized spacial score (nSPS) is 14.8. The minimum Gasteiger partial charge on any atom is -0.383 e. The van der Waals surface area contributed by atoms with E-state index < -0.39 is 0 Å². The maximum atomic E-state index is 5.24. The second kappa shape index (κ2) is 6.41. The molecule has 0 aliphatic rings. The molecule has 0 rings (SSSR count). The largest absolute Gasteiger partial charge is 0.383 e. The van der Waals surface area contributed by atoms with Crippen LogP contribution in [0.3, 0.4) is 0 Å². The Hall–Kier alpha value is -0.0800. The van der Waals surface area contributed by atoms with Crippen molar-refractivity contribution >= 4 is 0 Å². The molecule has 0 aromatic heterocycles. The number of hydrogen-bond acceptors (Lipinski definition) is 2. The van der Waals surface area contributed by atoms with Crippen molar-refractivity contribution in [3.05, 3.63) is 0 Å². The van der Waals surface area contributed by atoms with E-state index in [0.29, 0.717) is 12.0 Å². The van der Waals surface area contributed by atoms with E-state index in [-0.39, 0.29) is 5.54 Å². The van der Waals surface area contributed by atoms with Crippen molar-refractivity contribution in [2.45, 2.75) is 59.0 Å². The van der Waals surface area contributed by atoms with Crippen LogP contribution >= 0.6 is 0 Å². The first-order chi connectivity index (χ1) is 6.49. The molecule has 1 unspecified atom stereocenters. The second-order valence-electron chi connectivity index (χ2n) is 4.72. The van der Waals surface area contributed by atoms with Crippen LogP contribution in [0.4, 0.5) is 0 Å². The zero-order valence-corrected chi connectivity index (χ0v) is 10.7. The fourth-order valence-electron chi connectivity index (χ4n) is 1.48. The molecule has 0 amide bonds. The zero-order chi connectivity index (χ0) is 11.2. The lowest BCUT2D eigenvalue weighted by atomic mass is 9.92. The molecule has 1 atom stereocenters. The zero-order valence-electron chi connectivity index (χ0n) is 10.7. The molecule has 0 saturated heterocycles. The van der Waals surface area contributed by atoms with Gasteiger partial charge < -0.3 is 10.1 Å². The first-order valence-electron chi connectivity index (χ1n) is 5.75. The Morgan fingerprint density at radius 1 is 1.21 bits per heavy atom. The van der Waals surface area contributed by atoms with Crippen molar-refractivity contribution in [1.29, 1.82) is 0 Å². The third-order valence-electron chi connectivity index (χ3n) is 3.25. The number of nitrogens with one attached hydrogen (secondary N) is 1. The molecule has 0 radical (unpaired) electrons. The van der Waals surface area contributed by atoms with Gasteiger partial charge in [0.2, 0.25) is 0 Å². The van der Waals surface area contributed by atoms with Crippen molar-refractivity contribution in [2.24, 2.45) is 5.92 Å². The van der Waals surface area contributed by atoms with Crippen molar-refractivity contribution in [2.75, 3.05) is 13.7 Å². The van der Waals surface area contributed by atoms with E-state index in [1.54, 1.807) is 7.11 Å². The van der Waals surface area contributed by atoms with E-state index in [2.05, 4.69) is 39.9 Å². The fraction of sp³-hybridized carbons (Fsp3) is 1.00. The number of ether oxygens (including phenoxy) is 1. The molecule has 2 heteroatoms. The molecule has 0 aliphatic carbocycles. The summed E-state index contributed by atoms with van der Waals surface area (Å²) in [5.41, 5.74) is 0.257. The van der Waals surface area contributed by atoms with Crippen LogP contribution in [-0.2, 0) is 4.74 Å². The van der Waals surface area contributed by atoms with Gasteiger partial charge in [0.05, 0.1) is 6.61 Å². The summed E-state index contributed by atoms with van der Waals surface area (Å²) in [6.07, 6.45) is 2.33. The minimum absolute atomic E-state index is 0.257. The molecule has 86 valence electrons. The van der Waals surface area contributed by atoms with Crippen molar-refractivity contribution in [3.63, 3.8) is 0 Å². The van der Waals surface area contributed by atoms with Gasteiger partial charge in [0.1, 0.15) is 0 Å². The lowest BCUT2D eigenvalue weighted by Crippen LogP contribution is -2.51. The van der Waals surface area contributed by atoms with Gasteiger partial charge in [-0.05, 0) is 25.7 Å². The molecule has 0 fully saturated rings. The monoisotopic (exact) mass is 201 g/mol. The van der Waals surface area contributed by atoms with Crippen LogP contribution in [0.5, 0.6) is 0 Å². The maximum absolute atomic E-state index is 5.24. The van der Waals surface area contributed by atoms with Crippen LogP contribution < -0.4 is 5.32 Å². The Bertz CT molecular complexity index is 141. The molecule has 0 aromatic rings. The number of hydrogen-bond donors (Lipinski definition) is 1. The van der Waals surface area contributed by atoms with Gasteiger partial charge in [-0.25, -0.2) is 0 Å². The van der Waals surface area contributed by atoms with Gasteiger partial charge >= 0.3 is 0 Å². The highest BCUT2D eigenvalue weighted by Gasteiger charge is 2.24. The first kappa shape index (κ1) is 13.9. The topological polar surface area (TPSA) is 21.3 Å². The van der Waals surface area contributed by atoms with Crippen LogP contribution in [0.1, 0.15) is 47.5 Å². The van der Waals surface area contributed by atoms with E-state index in [9.17, 15) is 0 Å².